The van der Waals surface area contributed by atoms with Gasteiger partial charge in [0.05, 0.1) is 12.2 Å². The molecule has 158 valence electrons. The summed E-state index contributed by atoms with van der Waals surface area (Å²) in [5.41, 5.74) is 0.585. The van der Waals surface area contributed by atoms with E-state index in [1.54, 1.807) is 0 Å². The van der Waals surface area contributed by atoms with Crippen molar-refractivity contribution in [3.05, 3.63) is 29.8 Å². The first-order chi connectivity index (χ1) is 14.1. The predicted molar refractivity (Wildman–Crippen MR) is 112 cm³/mol. The van der Waals surface area contributed by atoms with Crippen molar-refractivity contribution in [2.45, 2.75) is 70.0 Å². The molecule has 2 saturated carbocycles. The number of nitrogens with zero attached hydrogens (tertiary/aromatic N) is 1. The quantitative estimate of drug-likeness (QED) is 0.635. The van der Waals surface area contributed by atoms with Gasteiger partial charge in [0.2, 0.25) is 5.91 Å². The number of carbonyl (C=O) groups is 2. The number of hydrogen-bond acceptors (Lipinski definition) is 4. The Hall–Kier alpha value is -2.08. The molecule has 6 nitrogen and oxygen atoms in total. The SMILES string of the molecule is CCOc1ccccc1C(=O)NC[C@@H]1CC[C@H](CC(=O)NC2CC2)N1CC1CC1. The summed E-state index contributed by atoms with van der Waals surface area (Å²) in [6.45, 7) is 4.12. The number of likely N-dealkylation sites (tertiary alicyclic amines) is 1. The van der Waals surface area contributed by atoms with Crippen LogP contribution >= 0.6 is 0 Å². The molecule has 0 radical (unpaired) electrons. The monoisotopic (exact) mass is 399 g/mol. The van der Waals surface area contributed by atoms with Crippen LogP contribution in [0.2, 0.25) is 0 Å². The molecule has 1 aromatic rings. The first kappa shape index (κ1) is 20.2. The molecule has 1 aliphatic heterocycles. The summed E-state index contributed by atoms with van der Waals surface area (Å²) in [5.74, 6) is 1.49. The van der Waals surface area contributed by atoms with E-state index in [0.29, 0.717) is 49.0 Å². The minimum absolute atomic E-state index is 0.0876. The number of rotatable bonds is 10. The highest BCUT2D eigenvalue weighted by molar-refractivity contribution is 5.96. The summed E-state index contributed by atoms with van der Waals surface area (Å²) in [6.07, 6.45) is 7.47. The van der Waals surface area contributed by atoms with Crippen LogP contribution in [0.15, 0.2) is 24.3 Å². The third kappa shape index (κ3) is 5.50. The Bertz CT molecular complexity index is 730. The van der Waals surface area contributed by atoms with Crippen LogP contribution in [0.1, 0.15) is 62.2 Å². The van der Waals surface area contributed by atoms with E-state index in [0.717, 1.165) is 38.1 Å². The maximum absolute atomic E-state index is 12.8. The van der Waals surface area contributed by atoms with Gasteiger partial charge in [-0.1, -0.05) is 12.1 Å². The molecule has 2 amide bonds. The lowest BCUT2D eigenvalue weighted by atomic mass is 10.1. The van der Waals surface area contributed by atoms with Gasteiger partial charge >= 0.3 is 0 Å². The molecule has 0 spiro atoms. The minimum atomic E-state index is -0.0876. The Kier molecular flexibility index (Phi) is 6.38. The topological polar surface area (TPSA) is 70.7 Å². The Balaban J connectivity index is 1.34. The smallest absolute Gasteiger partial charge is 0.255 e. The number of amides is 2. The van der Waals surface area contributed by atoms with Crippen molar-refractivity contribution in [3.63, 3.8) is 0 Å². The van der Waals surface area contributed by atoms with Crippen molar-refractivity contribution in [3.8, 4) is 5.75 Å². The van der Waals surface area contributed by atoms with Crippen LogP contribution < -0.4 is 15.4 Å². The van der Waals surface area contributed by atoms with Crippen molar-refractivity contribution in [1.82, 2.24) is 15.5 Å². The number of benzene rings is 1. The fraction of sp³-hybridized carbons (Fsp3) is 0.652. The van der Waals surface area contributed by atoms with Gasteiger partial charge in [0.25, 0.3) is 5.91 Å². The third-order valence-electron chi connectivity index (χ3n) is 6.23. The van der Waals surface area contributed by atoms with E-state index in [1.165, 1.54) is 12.8 Å². The largest absolute Gasteiger partial charge is 0.493 e. The fourth-order valence-corrected chi connectivity index (χ4v) is 4.32. The number of carbonyl (C=O) groups excluding carboxylic acids is 2. The van der Waals surface area contributed by atoms with E-state index in [2.05, 4.69) is 15.5 Å². The van der Waals surface area contributed by atoms with Gasteiger partial charge in [-0.3, -0.25) is 14.5 Å². The van der Waals surface area contributed by atoms with Crippen LogP contribution in [0.4, 0.5) is 0 Å². The zero-order chi connectivity index (χ0) is 20.2. The standard InChI is InChI=1S/C23H33N3O3/c1-2-29-21-6-4-3-5-20(21)23(28)24-14-19-12-11-18(26(19)15-16-7-8-16)13-22(27)25-17-9-10-17/h3-6,16-19H,2,7-15H2,1H3,(H,24,28)(H,25,27)/t18-,19+/m1/s1. The second-order valence-electron chi connectivity index (χ2n) is 8.71. The average molecular weight is 400 g/mol. The molecule has 0 aromatic heterocycles. The van der Waals surface area contributed by atoms with E-state index in [-0.39, 0.29) is 11.8 Å². The summed E-state index contributed by atoms with van der Waals surface area (Å²) >= 11 is 0. The van der Waals surface area contributed by atoms with Gasteiger partial charge in [0.1, 0.15) is 5.75 Å². The molecular formula is C23H33N3O3. The number of nitrogens with one attached hydrogen (secondary N) is 2. The summed E-state index contributed by atoms with van der Waals surface area (Å²) in [5, 5.41) is 6.24. The Morgan fingerprint density at radius 1 is 1.07 bits per heavy atom. The molecule has 1 saturated heterocycles. The molecule has 0 unspecified atom stereocenters. The maximum atomic E-state index is 12.8. The van der Waals surface area contributed by atoms with Gasteiger partial charge in [-0.2, -0.15) is 0 Å². The highest BCUT2D eigenvalue weighted by Gasteiger charge is 2.38. The van der Waals surface area contributed by atoms with Crippen LogP contribution in [0, 0.1) is 5.92 Å². The summed E-state index contributed by atoms with van der Waals surface area (Å²) in [4.78, 5) is 27.6. The molecule has 6 heteroatoms. The van der Waals surface area contributed by atoms with Crippen molar-refractivity contribution in [2.24, 2.45) is 5.92 Å². The first-order valence-corrected chi connectivity index (χ1v) is 11.2. The van der Waals surface area contributed by atoms with Gasteiger partial charge in [-0.25, -0.2) is 0 Å². The molecule has 0 bridgehead atoms. The molecule has 4 rings (SSSR count). The highest BCUT2D eigenvalue weighted by atomic mass is 16.5. The lowest BCUT2D eigenvalue weighted by Gasteiger charge is -2.30. The fourth-order valence-electron chi connectivity index (χ4n) is 4.32. The zero-order valence-corrected chi connectivity index (χ0v) is 17.4. The van der Waals surface area contributed by atoms with E-state index in [4.69, 9.17) is 4.74 Å². The van der Waals surface area contributed by atoms with Crippen LogP contribution in [0.25, 0.3) is 0 Å². The normalized spacial score (nSPS) is 24.3. The molecule has 1 heterocycles. The van der Waals surface area contributed by atoms with Gasteiger partial charge < -0.3 is 15.4 Å². The number of hydrogen-bond donors (Lipinski definition) is 2. The average Bonchev–Trinajstić information content (AvgIpc) is 3.63. The van der Waals surface area contributed by atoms with Crippen molar-refractivity contribution < 1.29 is 14.3 Å². The van der Waals surface area contributed by atoms with Crippen LogP contribution in [0.5, 0.6) is 5.75 Å². The highest BCUT2D eigenvalue weighted by Crippen LogP contribution is 2.35. The predicted octanol–water partition coefficient (Wildman–Crippen LogP) is 2.73. The molecule has 3 fully saturated rings. The van der Waals surface area contributed by atoms with Crippen molar-refractivity contribution in [2.75, 3.05) is 19.7 Å². The maximum Gasteiger partial charge on any atom is 0.255 e. The van der Waals surface area contributed by atoms with Gasteiger partial charge in [-0.15, -0.1) is 0 Å². The molecule has 29 heavy (non-hydrogen) atoms. The molecule has 2 N–H and O–H groups in total. The lowest BCUT2D eigenvalue weighted by Crippen LogP contribution is -2.45. The Morgan fingerprint density at radius 3 is 2.55 bits per heavy atom. The van der Waals surface area contributed by atoms with Gasteiger partial charge in [0.15, 0.2) is 0 Å². The summed E-state index contributed by atoms with van der Waals surface area (Å²) in [7, 11) is 0. The number of para-hydroxylation sites is 1. The van der Waals surface area contributed by atoms with Gasteiger partial charge in [-0.05, 0) is 63.5 Å². The second-order valence-corrected chi connectivity index (χ2v) is 8.71. The molecule has 2 aliphatic carbocycles. The third-order valence-corrected chi connectivity index (χ3v) is 6.23. The van der Waals surface area contributed by atoms with Gasteiger partial charge in [0, 0.05) is 37.6 Å². The van der Waals surface area contributed by atoms with E-state index in [1.807, 2.05) is 31.2 Å². The second kappa shape index (κ2) is 9.16. The molecule has 1 aromatic carbocycles. The van der Waals surface area contributed by atoms with Crippen molar-refractivity contribution in [1.29, 1.82) is 0 Å². The zero-order valence-electron chi connectivity index (χ0n) is 17.4. The molecule has 2 atom stereocenters. The Morgan fingerprint density at radius 2 is 1.83 bits per heavy atom. The molecule has 3 aliphatic rings. The minimum Gasteiger partial charge on any atom is -0.493 e. The Labute approximate surface area is 173 Å². The lowest BCUT2D eigenvalue weighted by molar-refractivity contribution is -0.122. The van der Waals surface area contributed by atoms with E-state index < -0.39 is 0 Å². The van der Waals surface area contributed by atoms with E-state index >= 15 is 0 Å². The summed E-state index contributed by atoms with van der Waals surface area (Å²) < 4.78 is 5.59. The van der Waals surface area contributed by atoms with Crippen molar-refractivity contribution >= 4 is 11.8 Å². The first-order valence-electron chi connectivity index (χ1n) is 11.2. The number of ether oxygens (including phenoxy) is 1. The summed E-state index contributed by atoms with van der Waals surface area (Å²) in [6, 6.07) is 8.41. The van der Waals surface area contributed by atoms with Crippen LogP contribution in [-0.4, -0.2) is 54.5 Å². The van der Waals surface area contributed by atoms with E-state index in [9.17, 15) is 9.59 Å². The van der Waals surface area contributed by atoms with Crippen LogP contribution in [0.3, 0.4) is 0 Å². The molecular weight excluding hydrogens is 366 g/mol. The van der Waals surface area contributed by atoms with Crippen LogP contribution in [-0.2, 0) is 4.79 Å².